The fourth-order valence-electron chi connectivity index (χ4n) is 1.07. The monoisotopic (exact) mass is 237 g/mol. The minimum Gasteiger partial charge on any atom is -0.396 e. The molecule has 0 fully saturated rings. The summed E-state index contributed by atoms with van der Waals surface area (Å²) in [7, 11) is 3.28. The van der Waals surface area contributed by atoms with Gasteiger partial charge in [0.05, 0.1) is 12.2 Å². The van der Waals surface area contributed by atoms with Gasteiger partial charge in [0.1, 0.15) is 5.69 Å². The standard InChI is InChI=1S/C10H15N5O2/c1-15(2)8(16)5-13-10-6(11)3-4-7(14-10)9(12)17/h3-4H,5,11H2,1-2H3,(H2,12,17)(H,13,14). The number of nitrogens with zero attached hydrogens (tertiary/aromatic N) is 2. The van der Waals surface area contributed by atoms with Crippen LogP contribution in [-0.2, 0) is 4.79 Å². The molecule has 92 valence electrons. The van der Waals surface area contributed by atoms with Gasteiger partial charge in [-0.05, 0) is 12.1 Å². The van der Waals surface area contributed by atoms with E-state index in [4.69, 9.17) is 11.5 Å². The van der Waals surface area contributed by atoms with Crippen LogP contribution < -0.4 is 16.8 Å². The molecule has 0 aliphatic heterocycles. The molecule has 0 saturated heterocycles. The smallest absolute Gasteiger partial charge is 0.267 e. The second kappa shape index (κ2) is 5.15. The molecule has 0 saturated carbocycles. The summed E-state index contributed by atoms with van der Waals surface area (Å²) >= 11 is 0. The zero-order valence-electron chi connectivity index (χ0n) is 9.73. The summed E-state index contributed by atoms with van der Waals surface area (Å²) in [5.74, 6) is -0.501. The van der Waals surface area contributed by atoms with Crippen LogP contribution in [0.5, 0.6) is 0 Å². The number of aromatic nitrogens is 1. The number of likely N-dealkylation sites (N-methyl/N-ethyl adjacent to an activating group) is 1. The average molecular weight is 237 g/mol. The number of rotatable bonds is 4. The number of amides is 2. The van der Waals surface area contributed by atoms with Crippen LogP contribution in [0.3, 0.4) is 0 Å². The number of anilines is 2. The van der Waals surface area contributed by atoms with Crippen molar-refractivity contribution in [1.29, 1.82) is 0 Å². The van der Waals surface area contributed by atoms with Crippen LogP contribution >= 0.6 is 0 Å². The summed E-state index contributed by atoms with van der Waals surface area (Å²) < 4.78 is 0. The van der Waals surface area contributed by atoms with Crippen molar-refractivity contribution >= 4 is 23.3 Å². The molecule has 1 aromatic rings. The van der Waals surface area contributed by atoms with Gasteiger partial charge in [-0.2, -0.15) is 0 Å². The second-order valence-corrected chi connectivity index (χ2v) is 3.64. The number of hydrogen-bond donors (Lipinski definition) is 3. The molecule has 0 atom stereocenters. The van der Waals surface area contributed by atoms with E-state index in [9.17, 15) is 9.59 Å². The fraction of sp³-hybridized carbons (Fsp3) is 0.300. The molecule has 17 heavy (non-hydrogen) atoms. The van der Waals surface area contributed by atoms with Crippen molar-refractivity contribution in [2.75, 3.05) is 31.7 Å². The zero-order chi connectivity index (χ0) is 13.0. The van der Waals surface area contributed by atoms with Crippen LogP contribution in [0, 0.1) is 0 Å². The summed E-state index contributed by atoms with van der Waals surface area (Å²) in [6.07, 6.45) is 0. The third kappa shape index (κ3) is 3.33. The van der Waals surface area contributed by atoms with Crippen LogP contribution in [0.2, 0.25) is 0 Å². The molecule has 1 aromatic heterocycles. The lowest BCUT2D eigenvalue weighted by atomic mass is 10.3. The number of nitrogens with two attached hydrogens (primary N) is 2. The minimum absolute atomic E-state index is 0.0480. The molecule has 7 heteroatoms. The van der Waals surface area contributed by atoms with Crippen LogP contribution in [-0.4, -0.2) is 42.3 Å². The van der Waals surface area contributed by atoms with Gasteiger partial charge >= 0.3 is 0 Å². The van der Waals surface area contributed by atoms with Gasteiger partial charge in [0, 0.05) is 14.1 Å². The van der Waals surface area contributed by atoms with E-state index in [1.54, 1.807) is 14.1 Å². The minimum atomic E-state index is -0.646. The van der Waals surface area contributed by atoms with E-state index in [-0.39, 0.29) is 24.0 Å². The first-order valence-corrected chi connectivity index (χ1v) is 4.92. The quantitative estimate of drug-likeness (QED) is 0.638. The van der Waals surface area contributed by atoms with Crippen molar-refractivity contribution in [2.24, 2.45) is 5.73 Å². The third-order valence-electron chi connectivity index (χ3n) is 2.08. The van der Waals surface area contributed by atoms with Gasteiger partial charge in [-0.1, -0.05) is 0 Å². The SMILES string of the molecule is CN(C)C(=O)CNc1nc(C(N)=O)ccc1N. The van der Waals surface area contributed by atoms with E-state index in [1.165, 1.54) is 17.0 Å². The molecular formula is C10H15N5O2. The van der Waals surface area contributed by atoms with E-state index in [0.717, 1.165) is 0 Å². The Morgan fingerprint density at radius 1 is 1.41 bits per heavy atom. The van der Waals surface area contributed by atoms with Crippen molar-refractivity contribution in [3.05, 3.63) is 17.8 Å². The Bertz CT molecular complexity index is 444. The Kier molecular flexibility index (Phi) is 3.86. The van der Waals surface area contributed by atoms with Gasteiger partial charge in [0.2, 0.25) is 5.91 Å². The molecule has 1 heterocycles. The number of nitrogens with one attached hydrogen (secondary N) is 1. The second-order valence-electron chi connectivity index (χ2n) is 3.64. The molecule has 2 amide bonds. The Hall–Kier alpha value is -2.31. The molecule has 1 rings (SSSR count). The molecular weight excluding hydrogens is 222 g/mol. The summed E-state index contributed by atoms with van der Waals surface area (Å²) in [5.41, 5.74) is 11.2. The Morgan fingerprint density at radius 3 is 2.59 bits per heavy atom. The maximum absolute atomic E-state index is 11.3. The van der Waals surface area contributed by atoms with Crippen LogP contribution in [0.15, 0.2) is 12.1 Å². The van der Waals surface area contributed by atoms with Crippen LogP contribution in [0.4, 0.5) is 11.5 Å². The van der Waals surface area contributed by atoms with Crippen LogP contribution in [0.1, 0.15) is 10.5 Å². The lowest BCUT2D eigenvalue weighted by molar-refractivity contribution is -0.126. The number of carbonyl (C=O) groups excluding carboxylic acids is 2. The summed E-state index contributed by atoms with van der Waals surface area (Å²) in [6, 6.07) is 2.94. The summed E-state index contributed by atoms with van der Waals surface area (Å²) in [6.45, 7) is 0.0480. The van der Waals surface area contributed by atoms with Crippen molar-refractivity contribution in [3.63, 3.8) is 0 Å². The molecule has 7 nitrogen and oxygen atoms in total. The van der Waals surface area contributed by atoms with Gasteiger partial charge in [0.15, 0.2) is 5.82 Å². The fourth-order valence-corrected chi connectivity index (χ4v) is 1.07. The van der Waals surface area contributed by atoms with Gasteiger partial charge in [0.25, 0.3) is 5.91 Å². The van der Waals surface area contributed by atoms with E-state index in [1.807, 2.05) is 0 Å². The van der Waals surface area contributed by atoms with Crippen molar-refractivity contribution < 1.29 is 9.59 Å². The van der Waals surface area contributed by atoms with Gasteiger partial charge < -0.3 is 21.7 Å². The molecule has 0 bridgehead atoms. The summed E-state index contributed by atoms with van der Waals surface area (Å²) in [4.78, 5) is 27.6. The number of nitrogen functional groups attached to an aromatic ring is 1. The summed E-state index contributed by atoms with van der Waals surface area (Å²) in [5, 5.41) is 2.75. The highest BCUT2D eigenvalue weighted by atomic mass is 16.2. The first kappa shape index (κ1) is 12.8. The van der Waals surface area contributed by atoms with E-state index in [2.05, 4.69) is 10.3 Å². The maximum atomic E-state index is 11.3. The average Bonchev–Trinajstić information content (AvgIpc) is 2.26. The lowest BCUT2D eigenvalue weighted by Crippen LogP contribution is -2.29. The highest BCUT2D eigenvalue weighted by Crippen LogP contribution is 2.15. The Morgan fingerprint density at radius 2 is 2.06 bits per heavy atom. The molecule has 0 radical (unpaired) electrons. The zero-order valence-corrected chi connectivity index (χ0v) is 9.73. The van der Waals surface area contributed by atoms with Crippen molar-refractivity contribution in [1.82, 2.24) is 9.88 Å². The molecule has 0 unspecified atom stereocenters. The highest BCUT2D eigenvalue weighted by Gasteiger charge is 2.09. The molecule has 0 aliphatic rings. The number of primary amides is 1. The first-order valence-electron chi connectivity index (χ1n) is 4.92. The van der Waals surface area contributed by atoms with Gasteiger partial charge in [-0.3, -0.25) is 9.59 Å². The van der Waals surface area contributed by atoms with Crippen LogP contribution in [0.25, 0.3) is 0 Å². The van der Waals surface area contributed by atoms with Crippen molar-refractivity contribution in [3.8, 4) is 0 Å². The maximum Gasteiger partial charge on any atom is 0.267 e. The molecule has 0 spiro atoms. The van der Waals surface area contributed by atoms with Gasteiger partial charge in [-0.15, -0.1) is 0 Å². The predicted molar refractivity (Wildman–Crippen MR) is 64.4 cm³/mol. The largest absolute Gasteiger partial charge is 0.396 e. The van der Waals surface area contributed by atoms with Gasteiger partial charge in [-0.25, -0.2) is 4.98 Å². The number of hydrogen-bond acceptors (Lipinski definition) is 5. The normalized spacial score (nSPS) is 9.76. The molecule has 0 aromatic carbocycles. The number of carbonyl (C=O) groups is 2. The first-order chi connectivity index (χ1) is 7.91. The lowest BCUT2D eigenvalue weighted by Gasteiger charge is -2.12. The molecule has 0 aliphatic carbocycles. The highest BCUT2D eigenvalue weighted by molar-refractivity contribution is 5.92. The predicted octanol–water partition coefficient (Wildman–Crippen LogP) is -0.737. The Balaban J connectivity index is 2.80. The van der Waals surface area contributed by atoms with E-state index < -0.39 is 5.91 Å². The Labute approximate surface area is 98.8 Å². The third-order valence-corrected chi connectivity index (χ3v) is 2.08. The van der Waals surface area contributed by atoms with E-state index >= 15 is 0 Å². The number of pyridine rings is 1. The molecule has 5 N–H and O–H groups in total. The van der Waals surface area contributed by atoms with Crippen molar-refractivity contribution in [2.45, 2.75) is 0 Å². The topological polar surface area (TPSA) is 114 Å². The van der Waals surface area contributed by atoms with E-state index in [0.29, 0.717) is 5.69 Å².